The van der Waals surface area contributed by atoms with Crippen LogP contribution in [0.15, 0.2) is 0 Å². The van der Waals surface area contributed by atoms with E-state index >= 15 is 0 Å². The van der Waals surface area contributed by atoms with Crippen LogP contribution in [0.5, 0.6) is 0 Å². The molecule has 0 saturated carbocycles. The van der Waals surface area contributed by atoms with E-state index in [1.54, 1.807) is 6.66 Å². The van der Waals surface area contributed by atoms with Gasteiger partial charge < -0.3 is 18.8 Å². The number of aldehydes is 1. The van der Waals surface area contributed by atoms with Crippen LogP contribution in [0.4, 0.5) is 0 Å². The van der Waals surface area contributed by atoms with E-state index in [9.17, 15) is 9.36 Å². The molecule has 6 heteroatoms. The summed E-state index contributed by atoms with van der Waals surface area (Å²) in [7, 11) is -1.87. The van der Waals surface area contributed by atoms with Crippen molar-refractivity contribution in [2.45, 2.75) is 51.7 Å². The normalized spacial score (nSPS) is 15.9. The smallest absolute Gasteiger partial charge is 0.188 e. The first-order chi connectivity index (χ1) is 9.10. The minimum absolute atomic E-state index is 0.0356. The molecule has 0 aliphatic carbocycles. The maximum atomic E-state index is 10.8. The second kappa shape index (κ2) is 12.8. The first-order valence-electron chi connectivity index (χ1n) is 6.90. The zero-order chi connectivity index (χ0) is 14.5. The minimum atomic E-state index is -1.87. The van der Waals surface area contributed by atoms with E-state index in [1.165, 1.54) is 0 Å². The number of hydrogen-bond acceptors (Lipinski definition) is 5. The average molecular weight is 294 g/mol. The molecule has 0 fully saturated rings. The van der Waals surface area contributed by atoms with Gasteiger partial charge in [-0.2, -0.15) is 0 Å². The Morgan fingerprint density at radius 3 is 2.58 bits per heavy atom. The van der Waals surface area contributed by atoms with E-state index in [0.29, 0.717) is 26.2 Å². The molecular formula is C13H27O5P. The predicted octanol–water partition coefficient (Wildman–Crippen LogP) is 2.68. The van der Waals surface area contributed by atoms with Gasteiger partial charge in [0.05, 0.1) is 18.8 Å². The topological polar surface area (TPSA) is 61.8 Å². The van der Waals surface area contributed by atoms with Crippen molar-refractivity contribution in [3.8, 4) is 0 Å². The van der Waals surface area contributed by atoms with Gasteiger partial charge in [0.1, 0.15) is 6.29 Å². The van der Waals surface area contributed by atoms with Crippen LogP contribution < -0.4 is 0 Å². The Bertz CT molecular complexity index is 247. The molecular weight excluding hydrogens is 267 g/mol. The number of unbranched alkanes of at least 4 members (excludes halogenated alkanes) is 1. The fourth-order valence-corrected chi connectivity index (χ4v) is 2.12. The molecule has 0 saturated heterocycles. The molecule has 0 spiro atoms. The summed E-state index contributed by atoms with van der Waals surface area (Å²) < 4.78 is 26.8. The maximum Gasteiger partial charge on any atom is 0.188 e. The van der Waals surface area contributed by atoms with Crippen molar-refractivity contribution in [1.82, 2.24) is 0 Å². The Balaban J connectivity index is 3.51. The average Bonchev–Trinajstić information content (AvgIpc) is 2.36. The summed E-state index contributed by atoms with van der Waals surface area (Å²) in [6, 6.07) is 0. The lowest BCUT2D eigenvalue weighted by Crippen LogP contribution is -2.16. The number of carbonyl (C=O) groups excluding carboxylic acids is 1. The Morgan fingerprint density at radius 1 is 1.26 bits per heavy atom. The second-order valence-electron chi connectivity index (χ2n) is 4.46. The largest absolute Gasteiger partial charge is 0.378 e. The molecule has 5 nitrogen and oxygen atoms in total. The quantitative estimate of drug-likeness (QED) is 0.297. The lowest BCUT2D eigenvalue weighted by atomic mass is 10.1. The molecule has 0 amide bonds. The van der Waals surface area contributed by atoms with Crippen molar-refractivity contribution in [2.75, 3.05) is 26.5 Å². The van der Waals surface area contributed by atoms with Crippen LogP contribution in [0.25, 0.3) is 0 Å². The van der Waals surface area contributed by atoms with Gasteiger partial charge in [-0.05, 0) is 33.1 Å². The summed E-state index contributed by atoms with van der Waals surface area (Å²) in [6.07, 6.45) is 4.14. The molecule has 0 radical (unpaired) electrons. The summed E-state index contributed by atoms with van der Waals surface area (Å²) in [5, 5.41) is 0. The van der Waals surface area contributed by atoms with Crippen molar-refractivity contribution >= 4 is 14.3 Å². The molecule has 0 aromatic carbocycles. The van der Waals surface area contributed by atoms with E-state index in [-0.39, 0.29) is 12.2 Å². The van der Waals surface area contributed by atoms with Crippen LogP contribution in [0, 0.1) is 0 Å². The predicted molar refractivity (Wildman–Crippen MR) is 76.2 cm³/mol. The zero-order valence-corrected chi connectivity index (χ0v) is 13.2. The molecule has 0 N–H and O–H groups in total. The fourth-order valence-electron chi connectivity index (χ4n) is 1.65. The molecule has 3 atom stereocenters. The molecule has 0 aromatic rings. The van der Waals surface area contributed by atoms with Crippen molar-refractivity contribution in [1.29, 1.82) is 0 Å². The highest BCUT2D eigenvalue weighted by Crippen LogP contribution is 2.16. The lowest BCUT2D eigenvalue weighted by molar-refractivity contribution is -0.110. The number of carbonyl (C=O) groups is 1. The van der Waals surface area contributed by atoms with Crippen LogP contribution >= 0.6 is 8.03 Å². The lowest BCUT2D eigenvalue weighted by Gasteiger charge is -2.15. The van der Waals surface area contributed by atoms with Crippen LogP contribution in [-0.4, -0.2) is 45.0 Å². The molecule has 0 bridgehead atoms. The monoisotopic (exact) mass is 294 g/mol. The summed E-state index contributed by atoms with van der Waals surface area (Å²) >= 11 is 0. The third-order valence-electron chi connectivity index (χ3n) is 2.61. The van der Waals surface area contributed by atoms with E-state index in [0.717, 1.165) is 25.5 Å². The van der Waals surface area contributed by atoms with E-state index < -0.39 is 8.03 Å². The second-order valence-corrected chi connectivity index (χ2v) is 5.73. The van der Waals surface area contributed by atoms with E-state index in [2.05, 4.69) is 0 Å². The molecule has 19 heavy (non-hydrogen) atoms. The summed E-state index contributed by atoms with van der Waals surface area (Å²) in [4.78, 5) is 10.5. The fraction of sp³-hybridized carbons (Fsp3) is 0.923. The summed E-state index contributed by atoms with van der Waals surface area (Å²) in [5.41, 5.74) is 0. The van der Waals surface area contributed by atoms with Crippen molar-refractivity contribution in [2.24, 2.45) is 0 Å². The zero-order valence-electron chi connectivity index (χ0n) is 12.2. The van der Waals surface area contributed by atoms with Crippen LogP contribution in [0.3, 0.4) is 0 Å². The minimum Gasteiger partial charge on any atom is -0.378 e. The van der Waals surface area contributed by atoms with Gasteiger partial charge in [0.15, 0.2) is 8.03 Å². The van der Waals surface area contributed by atoms with Crippen LogP contribution in [0.1, 0.15) is 39.5 Å². The molecule has 0 aliphatic rings. The molecule has 114 valence electrons. The van der Waals surface area contributed by atoms with Gasteiger partial charge in [-0.3, -0.25) is 4.57 Å². The van der Waals surface area contributed by atoms with Gasteiger partial charge in [0.25, 0.3) is 0 Å². The number of hydrogen-bond donors (Lipinski definition) is 0. The molecule has 0 aromatic heterocycles. The molecule has 2 unspecified atom stereocenters. The maximum absolute atomic E-state index is 10.8. The van der Waals surface area contributed by atoms with Gasteiger partial charge in [-0.15, -0.1) is 0 Å². The van der Waals surface area contributed by atoms with E-state index in [1.807, 2.05) is 13.8 Å². The Morgan fingerprint density at radius 2 is 2.00 bits per heavy atom. The van der Waals surface area contributed by atoms with Gasteiger partial charge in [0, 0.05) is 26.3 Å². The Hall–Kier alpha value is -0.220. The molecule has 0 heterocycles. The SMILES string of the molecule is CCOC(CC=O)CCCCO[C@H](C)CO[PH](C)=O. The molecule has 0 rings (SSSR count). The van der Waals surface area contributed by atoms with Gasteiger partial charge in [0.2, 0.25) is 0 Å². The molecule has 0 aliphatic heterocycles. The first-order valence-corrected chi connectivity index (χ1v) is 8.72. The summed E-state index contributed by atoms with van der Waals surface area (Å²) in [5.74, 6) is 0. The third kappa shape index (κ3) is 12.6. The first kappa shape index (κ1) is 18.8. The van der Waals surface area contributed by atoms with Crippen LogP contribution in [0.2, 0.25) is 0 Å². The van der Waals surface area contributed by atoms with Gasteiger partial charge in [-0.1, -0.05) is 0 Å². The Labute approximate surface area is 116 Å². The van der Waals surface area contributed by atoms with Crippen LogP contribution in [-0.2, 0) is 23.4 Å². The van der Waals surface area contributed by atoms with Gasteiger partial charge >= 0.3 is 0 Å². The number of rotatable bonds is 13. The highest BCUT2D eigenvalue weighted by atomic mass is 31.1. The number of ether oxygens (including phenoxy) is 2. The van der Waals surface area contributed by atoms with Crippen molar-refractivity contribution < 1.29 is 23.4 Å². The van der Waals surface area contributed by atoms with E-state index in [4.69, 9.17) is 14.0 Å². The standard InChI is InChI=1S/C13H27O5P/c1-4-16-13(8-9-14)7-5-6-10-17-12(2)11-18-19(3)15/h9,12-13,19H,4-8,10-11H2,1-3H3/t12-,13?/m1/s1. The third-order valence-corrected chi connectivity index (χ3v) is 3.18. The summed E-state index contributed by atoms with van der Waals surface area (Å²) in [6.45, 7) is 7.07. The highest BCUT2D eigenvalue weighted by molar-refractivity contribution is 7.38. The Kier molecular flexibility index (Phi) is 12.6. The van der Waals surface area contributed by atoms with Gasteiger partial charge in [-0.25, -0.2) is 0 Å². The van der Waals surface area contributed by atoms with Crippen molar-refractivity contribution in [3.05, 3.63) is 0 Å². The highest BCUT2D eigenvalue weighted by Gasteiger charge is 2.08. The van der Waals surface area contributed by atoms with Crippen molar-refractivity contribution in [3.63, 3.8) is 0 Å².